The summed E-state index contributed by atoms with van der Waals surface area (Å²) in [7, 11) is 0. The summed E-state index contributed by atoms with van der Waals surface area (Å²) in [4.78, 5) is 21.5. The molecular formula is C12H16N4O4. The van der Waals surface area contributed by atoms with Crippen molar-refractivity contribution in [3.8, 4) is 0 Å². The minimum absolute atomic E-state index is 0.0424. The average molecular weight is 280 g/mol. The van der Waals surface area contributed by atoms with Crippen molar-refractivity contribution >= 4 is 17.3 Å². The van der Waals surface area contributed by atoms with Crippen LogP contribution >= 0.6 is 0 Å². The van der Waals surface area contributed by atoms with Crippen molar-refractivity contribution in [3.63, 3.8) is 0 Å². The van der Waals surface area contributed by atoms with Crippen LogP contribution in [0, 0.1) is 10.1 Å². The van der Waals surface area contributed by atoms with E-state index in [9.17, 15) is 14.9 Å². The van der Waals surface area contributed by atoms with Gasteiger partial charge in [-0.3, -0.25) is 14.9 Å². The van der Waals surface area contributed by atoms with E-state index < -0.39 is 10.8 Å². The lowest BCUT2D eigenvalue weighted by atomic mass is 10.1. The van der Waals surface area contributed by atoms with Gasteiger partial charge in [0.25, 0.3) is 5.69 Å². The van der Waals surface area contributed by atoms with Gasteiger partial charge < -0.3 is 21.1 Å². The number of carbonyl (C=O) groups is 1. The number of anilines is 1. The molecule has 2 rings (SSSR count). The van der Waals surface area contributed by atoms with Gasteiger partial charge in [0.2, 0.25) is 5.91 Å². The van der Waals surface area contributed by atoms with Crippen molar-refractivity contribution in [2.45, 2.75) is 6.10 Å². The van der Waals surface area contributed by atoms with E-state index in [-0.39, 0.29) is 17.4 Å². The van der Waals surface area contributed by atoms with Crippen LogP contribution in [-0.2, 0) is 4.74 Å². The fraction of sp³-hybridized carbons (Fsp3) is 0.417. The number of hydrogen-bond acceptors (Lipinski definition) is 6. The van der Waals surface area contributed by atoms with Crippen molar-refractivity contribution < 1.29 is 14.5 Å². The Hall–Kier alpha value is -2.19. The molecule has 1 aromatic carbocycles. The van der Waals surface area contributed by atoms with Crippen LogP contribution in [-0.4, -0.2) is 43.2 Å². The zero-order valence-electron chi connectivity index (χ0n) is 10.8. The Labute approximate surface area is 115 Å². The molecule has 1 unspecified atom stereocenters. The number of carbonyl (C=O) groups excluding carboxylic acids is 1. The molecule has 8 nitrogen and oxygen atoms in total. The maximum absolute atomic E-state index is 11.0. The molecular weight excluding hydrogens is 264 g/mol. The summed E-state index contributed by atoms with van der Waals surface area (Å²) in [6.07, 6.45) is -0.0424. The molecule has 1 saturated heterocycles. The van der Waals surface area contributed by atoms with Gasteiger partial charge in [0.05, 0.1) is 17.6 Å². The van der Waals surface area contributed by atoms with Gasteiger partial charge in [-0.25, -0.2) is 0 Å². The van der Waals surface area contributed by atoms with Crippen molar-refractivity contribution in [2.24, 2.45) is 5.73 Å². The quantitative estimate of drug-likeness (QED) is 0.519. The molecule has 0 spiro atoms. The maximum Gasteiger partial charge on any atom is 0.293 e. The molecule has 20 heavy (non-hydrogen) atoms. The molecule has 1 aliphatic heterocycles. The molecule has 1 amide bonds. The van der Waals surface area contributed by atoms with E-state index in [0.29, 0.717) is 25.4 Å². The Morgan fingerprint density at radius 3 is 3.00 bits per heavy atom. The first kappa shape index (κ1) is 14.2. The van der Waals surface area contributed by atoms with E-state index in [0.717, 1.165) is 6.54 Å². The van der Waals surface area contributed by atoms with Gasteiger partial charge in [-0.05, 0) is 12.1 Å². The number of nitrogens with two attached hydrogens (primary N) is 1. The van der Waals surface area contributed by atoms with Crippen molar-refractivity contribution in [1.82, 2.24) is 5.32 Å². The monoisotopic (exact) mass is 280 g/mol. The summed E-state index contributed by atoms with van der Waals surface area (Å²) >= 11 is 0. The number of morpholine rings is 1. The highest BCUT2D eigenvalue weighted by Gasteiger charge is 2.18. The van der Waals surface area contributed by atoms with E-state index in [1.54, 1.807) is 0 Å². The van der Waals surface area contributed by atoms with Crippen molar-refractivity contribution in [3.05, 3.63) is 33.9 Å². The van der Waals surface area contributed by atoms with Gasteiger partial charge >= 0.3 is 0 Å². The third kappa shape index (κ3) is 3.43. The molecule has 4 N–H and O–H groups in total. The predicted molar refractivity (Wildman–Crippen MR) is 72.7 cm³/mol. The first-order valence-corrected chi connectivity index (χ1v) is 6.22. The normalized spacial score (nSPS) is 18.5. The molecule has 8 heteroatoms. The van der Waals surface area contributed by atoms with Crippen molar-refractivity contribution in [2.75, 3.05) is 31.6 Å². The maximum atomic E-state index is 11.0. The minimum atomic E-state index is -0.695. The SMILES string of the molecule is NC(=O)c1ccc(NCC2CNCCO2)c([N+](=O)[O-])c1. The molecule has 0 aromatic heterocycles. The summed E-state index contributed by atoms with van der Waals surface area (Å²) in [6, 6.07) is 4.11. The van der Waals surface area contributed by atoms with Crippen LogP contribution in [0.5, 0.6) is 0 Å². The number of rotatable bonds is 5. The number of primary amides is 1. The third-order valence-corrected chi connectivity index (χ3v) is 3.00. The molecule has 108 valence electrons. The molecule has 1 atom stereocenters. The Bertz CT molecular complexity index is 514. The van der Waals surface area contributed by atoms with Crippen LogP contribution < -0.4 is 16.4 Å². The lowest BCUT2D eigenvalue weighted by molar-refractivity contribution is -0.384. The van der Waals surface area contributed by atoms with Gasteiger partial charge in [-0.1, -0.05) is 0 Å². The zero-order chi connectivity index (χ0) is 14.5. The molecule has 1 aliphatic rings. The molecule has 1 heterocycles. The zero-order valence-corrected chi connectivity index (χ0v) is 10.8. The Morgan fingerprint density at radius 1 is 1.60 bits per heavy atom. The number of ether oxygens (including phenoxy) is 1. The Morgan fingerprint density at radius 2 is 2.40 bits per heavy atom. The Balaban J connectivity index is 2.09. The number of amides is 1. The summed E-state index contributed by atoms with van der Waals surface area (Å²) < 4.78 is 5.49. The molecule has 0 aliphatic carbocycles. The van der Waals surface area contributed by atoms with E-state index in [2.05, 4.69) is 10.6 Å². The molecule has 0 bridgehead atoms. The number of nitro benzene ring substituents is 1. The van der Waals surface area contributed by atoms with E-state index in [4.69, 9.17) is 10.5 Å². The van der Waals surface area contributed by atoms with Crippen LogP contribution in [0.15, 0.2) is 18.2 Å². The third-order valence-electron chi connectivity index (χ3n) is 3.00. The summed E-state index contributed by atoms with van der Waals surface area (Å²) in [5.41, 5.74) is 5.39. The van der Waals surface area contributed by atoms with Gasteiger partial charge in [-0.2, -0.15) is 0 Å². The van der Waals surface area contributed by atoms with E-state index in [1.807, 2.05) is 0 Å². The highest BCUT2D eigenvalue weighted by Crippen LogP contribution is 2.25. The van der Waals surface area contributed by atoms with Gasteiger partial charge in [0, 0.05) is 31.3 Å². The number of nitrogens with one attached hydrogen (secondary N) is 2. The molecule has 0 saturated carbocycles. The highest BCUT2D eigenvalue weighted by molar-refractivity contribution is 5.94. The lowest BCUT2D eigenvalue weighted by Gasteiger charge is -2.24. The predicted octanol–water partition coefficient (Wildman–Crippen LogP) is 0.0940. The summed E-state index contributed by atoms with van der Waals surface area (Å²) in [5.74, 6) is -0.695. The second-order valence-corrected chi connectivity index (χ2v) is 4.43. The largest absolute Gasteiger partial charge is 0.377 e. The van der Waals surface area contributed by atoms with Crippen LogP contribution in [0.4, 0.5) is 11.4 Å². The Kier molecular flexibility index (Phi) is 4.49. The lowest BCUT2D eigenvalue weighted by Crippen LogP contribution is -2.42. The molecule has 0 radical (unpaired) electrons. The number of nitro groups is 1. The van der Waals surface area contributed by atoms with E-state index in [1.165, 1.54) is 18.2 Å². The number of nitrogens with zero attached hydrogens (tertiary/aromatic N) is 1. The van der Waals surface area contributed by atoms with E-state index >= 15 is 0 Å². The molecule has 1 fully saturated rings. The van der Waals surface area contributed by atoms with Crippen LogP contribution in [0.1, 0.15) is 10.4 Å². The topological polar surface area (TPSA) is 120 Å². The van der Waals surface area contributed by atoms with Gasteiger partial charge in [0.15, 0.2) is 0 Å². The van der Waals surface area contributed by atoms with Gasteiger partial charge in [-0.15, -0.1) is 0 Å². The average Bonchev–Trinajstić information content (AvgIpc) is 2.45. The molecule has 1 aromatic rings. The number of benzene rings is 1. The van der Waals surface area contributed by atoms with Crippen LogP contribution in [0.3, 0.4) is 0 Å². The fourth-order valence-corrected chi connectivity index (χ4v) is 1.96. The van der Waals surface area contributed by atoms with Crippen LogP contribution in [0.25, 0.3) is 0 Å². The summed E-state index contributed by atoms with van der Waals surface area (Å²) in [5, 5.41) is 17.2. The highest BCUT2D eigenvalue weighted by atomic mass is 16.6. The number of hydrogen-bond donors (Lipinski definition) is 3. The van der Waals surface area contributed by atoms with Crippen LogP contribution in [0.2, 0.25) is 0 Å². The first-order valence-electron chi connectivity index (χ1n) is 6.22. The minimum Gasteiger partial charge on any atom is -0.377 e. The van der Waals surface area contributed by atoms with Gasteiger partial charge in [0.1, 0.15) is 5.69 Å². The fourth-order valence-electron chi connectivity index (χ4n) is 1.96. The first-order chi connectivity index (χ1) is 9.58. The van der Waals surface area contributed by atoms with Crippen molar-refractivity contribution in [1.29, 1.82) is 0 Å². The summed E-state index contributed by atoms with van der Waals surface area (Å²) in [6.45, 7) is 2.57. The standard InChI is InChI=1S/C12H16N4O4/c13-12(17)8-1-2-10(11(5-8)16(18)19)15-7-9-6-14-3-4-20-9/h1-2,5,9,14-15H,3-4,6-7H2,(H2,13,17). The second kappa shape index (κ2) is 6.31. The second-order valence-electron chi connectivity index (χ2n) is 4.43. The smallest absolute Gasteiger partial charge is 0.293 e.